The molecule has 0 spiro atoms. The SMILES string of the molecule is CNS(=O)(=O)c1ccc(CNCc2ncc(C)s2)o1. The van der Waals surface area contributed by atoms with Gasteiger partial charge in [-0.25, -0.2) is 18.1 Å². The van der Waals surface area contributed by atoms with Gasteiger partial charge < -0.3 is 9.73 Å². The average Bonchev–Trinajstić information content (AvgIpc) is 2.99. The second-order valence-corrected chi connectivity index (χ2v) is 7.03. The zero-order valence-corrected chi connectivity index (χ0v) is 12.3. The molecule has 0 unspecified atom stereocenters. The molecular formula is C11H15N3O3S2. The van der Waals surface area contributed by atoms with Gasteiger partial charge in [-0.2, -0.15) is 0 Å². The maximum Gasteiger partial charge on any atom is 0.273 e. The molecule has 0 bridgehead atoms. The van der Waals surface area contributed by atoms with Gasteiger partial charge >= 0.3 is 0 Å². The Hall–Kier alpha value is -1.22. The zero-order chi connectivity index (χ0) is 13.9. The number of nitrogens with one attached hydrogen (secondary N) is 2. The molecule has 2 N–H and O–H groups in total. The molecule has 6 nitrogen and oxygen atoms in total. The fourth-order valence-electron chi connectivity index (χ4n) is 1.47. The van der Waals surface area contributed by atoms with Gasteiger partial charge in [-0.05, 0) is 26.1 Å². The highest BCUT2D eigenvalue weighted by Crippen LogP contribution is 2.14. The van der Waals surface area contributed by atoms with Crippen molar-refractivity contribution < 1.29 is 12.8 Å². The van der Waals surface area contributed by atoms with Crippen LogP contribution in [0.3, 0.4) is 0 Å². The molecule has 0 aliphatic carbocycles. The monoisotopic (exact) mass is 301 g/mol. The highest BCUT2D eigenvalue weighted by molar-refractivity contribution is 7.89. The summed E-state index contributed by atoms with van der Waals surface area (Å²) in [6, 6.07) is 3.08. The van der Waals surface area contributed by atoms with Crippen LogP contribution in [-0.2, 0) is 23.1 Å². The number of hydrogen-bond donors (Lipinski definition) is 2. The predicted molar refractivity (Wildman–Crippen MR) is 72.3 cm³/mol. The number of furan rings is 1. The van der Waals surface area contributed by atoms with Gasteiger partial charge in [0.15, 0.2) is 0 Å². The summed E-state index contributed by atoms with van der Waals surface area (Å²) in [5, 5.41) is 4.07. The van der Waals surface area contributed by atoms with E-state index in [2.05, 4.69) is 15.0 Å². The number of aryl methyl sites for hydroxylation is 1. The van der Waals surface area contributed by atoms with E-state index in [9.17, 15) is 8.42 Å². The van der Waals surface area contributed by atoms with Crippen LogP contribution in [0.25, 0.3) is 0 Å². The third-order valence-electron chi connectivity index (χ3n) is 2.42. The normalized spacial score (nSPS) is 11.9. The molecule has 2 aromatic rings. The van der Waals surface area contributed by atoms with Crippen molar-refractivity contribution in [2.75, 3.05) is 7.05 Å². The summed E-state index contributed by atoms with van der Waals surface area (Å²) in [5.41, 5.74) is 0. The molecule has 104 valence electrons. The maximum absolute atomic E-state index is 11.5. The molecule has 0 atom stereocenters. The Labute approximate surface area is 115 Å². The van der Waals surface area contributed by atoms with E-state index in [0.29, 0.717) is 18.8 Å². The van der Waals surface area contributed by atoms with Crippen LogP contribution in [0.2, 0.25) is 0 Å². The van der Waals surface area contributed by atoms with Crippen molar-refractivity contribution in [2.45, 2.75) is 25.1 Å². The maximum atomic E-state index is 11.5. The molecule has 0 amide bonds. The number of rotatable bonds is 6. The van der Waals surface area contributed by atoms with Crippen LogP contribution in [0.4, 0.5) is 0 Å². The fraction of sp³-hybridized carbons (Fsp3) is 0.364. The lowest BCUT2D eigenvalue weighted by Crippen LogP contribution is -2.17. The molecule has 0 saturated carbocycles. The van der Waals surface area contributed by atoms with E-state index >= 15 is 0 Å². The summed E-state index contributed by atoms with van der Waals surface area (Å²) in [5.74, 6) is 0.571. The van der Waals surface area contributed by atoms with E-state index in [1.54, 1.807) is 17.4 Å². The van der Waals surface area contributed by atoms with E-state index in [1.807, 2.05) is 13.1 Å². The van der Waals surface area contributed by atoms with Gasteiger partial charge in [-0.15, -0.1) is 11.3 Å². The molecule has 0 fully saturated rings. The number of hydrogen-bond acceptors (Lipinski definition) is 6. The summed E-state index contributed by atoms with van der Waals surface area (Å²) in [4.78, 5) is 5.39. The van der Waals surface area contributed by atoms with Crippen molar-refractivity contribution in [1.82, 2.24) is 15.0 Å². The van der Waals surface area contributed by atoms with Crippen LogP contribution >= 0.6 is 11.3 Å². The van der Waals surface area contributed by atoms with Crippen LogP contribution in [0, 0.1) is 6.92 Å². The standard InChI is InChI=1S/C11H15N3O3S2/c1-8-5-14-10(18-8)7-13-6-9-3-4-11(17-9)19(15,16)12-2/h3-5,12-13H,6-7H2,1-2H3. The van der Waals surface area contributed by atoms with Crippen LogP contribution in [-0.4, -0.2) is 20.4 Å². The van der Waals surface area contributed by atoms with Crippen LogP contribution in [0.5, 0.6) is 0 Å². The van der Waals surface area contributed by atoms with Crippen molar-refractivity contribution >= 4 is 21.4 Å². The highest BCUT2D eigenvalue weighted by Gasteiger charge is 2.16. The smallest absolute Gasteiger partial charge is 0.273 e. The van der Waals surface area contributed by atoms with Gasteiger partial charge in [0.25, 0.3) is 10.0 Å². The molecular weight excluding hydrogens is 286 g/mol. The van der Waals surface area contributed by atoms with Crippen molar-refractivity contribution in [2.24, 2.45) is 0 Å². The summed E-state index contributed by atoms with van der Waals surface area (Å²) < 4.78 is 30.4. The van der Waals surface area contributed by atoms with Gasteiger partial charge in [0.05, 0.1) is 6.54 Å². The van der Waals surface area contributed by atoms with E-state index in [1.165, 1.54) is 13.1 Å². The number of thiazole rings is 1. The molecule has 0 radical (unpaired) electrons. The second kappa shape index (κ2) is 5.83. The third kappa shape index (κ3) is 3.63. The molecule has 0 aliphatic rings. The van der Waals surface area contributed by atoms with Crippen molar-refractivity contribution in [3.63, 3.8) is 0 Å². The number of sulfonamides is 1. The molecule has 0 aliphatic heterocycles. The first-order chi connectivity index (χ1) is 9.01. The summed E-state index contributed by atoms with van der Waals surface area (Å²) in [7, 11) is -2.16. The number of nitrogens with zero attached hydrogens (tertiary/aromatic N) is 1. The van der Waals surface area contributed by atoms with Gasteiger partial charge in [0.2, 0.25) is 5.09 Å². The Morgan fingerprint density at radius 1 is 1.37 bits per heavy atom. The second-order valence-electron chi connectivity index (χ2n) is 3.90. The Balaban J connectivity index is 1.90. The van der Waals surface area contributed by atoms with Gasteiger partial charge in [0.1, 0.15) is 10.8 Å². The van der Waals surface area contributed by atoms with Crippen molar-refractivity contribution in [3.05, 3.63) is 34.0 Å². The molecule has 2 rings (SSSR count). The lowest BCUT2D eigenvalue weighted by atomic mass is 10.4. The largest absolute Gasteiger partial charge is 0.447 e. The lowest BCUT2D eigenvalue weighted by Gasteiger charge is -2.00. The van der Waals surface area contributed by atoms with Crippen LogP contribution < -0.4 is 10.0 Å². The Bertz CT molecular complexity index is 646. The Morgan fingerprint density at radius 2 is 2.16 bits per heavy atom. The highest BCUT2D eigenvalue weighted by atomic mass is 32.2. The van der Waals surface area contributed by atoms with E-state index in [-0.39, 0.29) is 5.09 Å². The minimum Gasteiger partial charge on any atom is -0.447 e. The average molecular weight is 301 g/mol. The van der Waals surface area contributed by atoms with E-state index < -0.39 is 10.0 Å². The van der Waals surface area contributed by atoms with Gasteiger partial charge in [0, 0.05) is 17.6 Å². The molecule has 0 aromatic carbocycles. The Morgan fingerprint density at radius 3 is 2.79 bits per heavy atom. The molecule has 2 heterocycles. The van der Waals surface area contributed by atoms with Crippen LogP contribution in [0.15, 0.2) is 27.8 Å². The number of aromatic nitrogens is 1. The summed E-state index contributed by atoms with van der Waals surface area (Å²) >= 11 is 1.63. The first kappa shape index (κ1) is 14.2. The molecule has 2 aromatic heterocycles. The van der Waals surface area contributed by atoms with Gasteiger partial charge in [-0.3, -0.25) is 0 Å². The van der Waals surface area contributed by atoms with Gasteiger partial charge in [-0.1, -0.05) is 0 Å². The first-order valence-corrected chi connectivity index (χ1v) is 7.95. The van der Waals surface area contributed by atoms with Crippen molar-refractivity contribution in [1.29, 1.82) is 0 Å². The summed E-state index contributed by atoms with van der Waals surface area (Å²) in [6.45, 7) is 3.09. The quantitative estimate of drug-likeness (QED) is 0.838. The zero-order valence-electron chi connectivity index (χ0n) is 10.6. The lowest BCUT2D eigenvalue weighted by molar-refractivity contribution is 0.400. The molecule has 19 heavy (non-hydrogen) atoms. The first-order valence-electron chi connectivity index (χ1n) is 5.65. The topological polar surface area (TPSA) is 84.2 Å². The minimum absolute atomic E-state index is 0.0723. The fourth-order valence-corrected chi connectivity index (χ4v) is 2.90. The Kier molecular flexibility index (Phi) is 4.35. The minimum atomic E-state index is -3.51. The van der Waals surface area contributed by atoms with E-state index in [4.69, 9.17) is 4.42 Å². The molecule has 8 heteroatoms. The molecule has 0 saturated heterocycles. The predicted octanol–water partition coefficient (Wildman–Crippen LogP) is 1.24. The summed E-state index contributed by atoms with van der Waals surface area (Å²) in [6.07, 6.45) is 1.83. The van der Waals surface area contributed by atoms with Crippen LogP contribution in [0.1, 0.15) is 15.6 Å². The van der Waals surface area contributed by atoms with Crippen molar-refractivity contribution in [3.8, 4) is 0 Å². The van der Waals surface area contributed by atoms with E-state index in [0.717, 1.165) is 9.88 Å². The third-order valence-corrected chi connectivity index (χ3v) is 4.61.